The minimum atomic E-state index is -3.72. The Hall–Kier alpha value is -2.89. The number of ether oxygens (including phenoxy) is 1. The van der Waals surface area contributed by atoms with E-state index in [0.29, 0.717) is 29.2 Å². The summed E-state index contributed by atoms with van der Waals surface area (Å²) in [6.45, 7) is 2.28. The van der Waals surface area contributed by atoms with Crippen molar-refractivity contribution in [1.29, 1.82) is 0 Å². The minimum Gasteiger partial charge on any atom is -0.483 e. The molecule has 156 valence electrons. The minimum absolute atomic E-state index is 0.136. The van der Waals surface area contributed by atoms with Crippen LogP contribution in [0.5, 0.6) is 5.75 Å². The van der Waals surface area contributed by atoms with Gasteiger partial charge in [-0.25, -0.2) is 12.7 Å². The number of likely N-dealkylation sites (N-methyl/N-ethyl adjacent to an activating group) is 1. The van der Waals surface area contributed by atoms with E-state index in [4.69, 9.17) is 9.26 Å². The van der Waals surface area contributed by atoms with Crippen molar-refractivity contribution >= 4 is 32.8 Å². The van der Waals surface area contributed by atoms with Gasteiger partial charge in [0.25, 0.3) is 5.89 Å². The van der Waals surface area contributed by atoms with Crippen LogP contribution < -0.4 is 4.74 Å². The standard InChI is InChI=1S/C19H19N5O4S2/c1-13-6-3-4-8-15(13)27-12-18-20-17(21-28-18)10-11-24(2)30(25,26)16-9-5-7-14-19(16)23-29-22-14/h3-9H,10-12H2,1-2H3. The lowest BCUT2D eigenvalue weighted by Crippen LogP contribution is -2.29. The average molecular weight is 446 g/mol. The molecule has 2 heterocycles. The molecule has 0 amide bonds. The Morgan fingerprint density at radius 3 is 2.80 bits per heavy atom. The predicted molar refractivity (Wildman–Crippen MR) is 111 cm³/mol. The first-order valence-corrected chi connectivity index (χ1v) is 11.3. The molecule has 9 nitrogen and oxygen atoms in total. The quantitative estimate of drug-likeness (QED) is 0.407. The van der Waals surface area contributed by atoms with Gasteiger partial charge in [-0.15, -0.1) is 0 Å². The number of aryl methyl sites for hydroxylation is 1. The molecule has 4 rings (SSSR count). The second-order valence-electron chi connectivity index (χ2n) is 6.62. The van der Waals surface area contributed by atoms with Crippen LogP contribution in [-0.2, 0) is 23.1 Å². The summed E-state index contributed by atoms with van der Waals surface area (Å²) in [5.74, 6) is 1.49. The van der Waals surface area contributed by atoms with Gasteiger partial charge < -0.3 is 9.26 Å². The van der Waals surface area contributed by atoms with Gasteiger partial charge in [-0.2, -0.15) is 13.7 Å². The molecular weight excluding hydrogens is 426 g/mol. The molecule has 0 saturated heterocycles. The van der Waals surface area contributed by atoms with Crippen LogP contribution in [0.25, 0.3) is 11.0 Å². The highest BCUT2D eigenvalue weighted by atomic mass is 32.2. The van der Waals surface area contributed by atoms with Gasteiger partial charge in [-0.3, -0.25) is 0 Å². The highest BCUT2D eigenvalue weighted by Gasteiger charge is 2.25. The second kappa shape index (κ2) is 8.46. The fourth-order valence-electron chi connectivity index (χ4n) is 2.84. The third kappa shape index (κ3) is 4.18. The van der Waals surface area contributed by atoms with Crippen molar-refractivity contribution in [3.63, 3.8) is 0 Å². The van der Waals surface area contributed by atoms with Gasteiger partial charge in [0, 0.05) is 20.0 Å². The number of benzene rings is 2. The van der Waals surface area contributed by atoms with E-state index in [0.717, 1.165) is 23.0 Å². The van der Waals surface area contributed by atoms with Gasteiger partial charge in [0.05, 0.1) is 11.7 Å². The summed E-state index contributed by atoms with van der Waals surface area (Å²) in [6, 6.07) is 12.6. The Morgan fingerprint density at radius 1 is 1.13 bits per heavy atom. The number of para-hydroxylation sites is 1. The molecule has 11 heteroatoms. The van der Waals surface area contributed by atoms with Crippen LogP contribution in [0.3, 0.4) is 0 Å². The second-order valence-corrected chi connectivity index (χ2v) is 9.16. The maximum absolute atomic E-state index is 12.9. The normalized spacial score (nSPS) is 12.0. The van der Waals surface area contributed by atoms with E-state index in [2.05, 4.69) is 18.9 Å². The lowest BCUT2D eigenvalue weighted by atomic mass is 10.2. The van der Waals surface area contributed by atoms with Gasteiger partial charge in [0.15, 0.2) is 12.4 Å². The molecule has 2 aromatic carbocycles. The smallest absolute Gasteiger partial charge is 0.264 e. The highest BCUT2D eigenvalue weighted by Crippen LogP contribution is 2.24. The van der Waals surface area contributed by atoms with Crippen LogP contribution >= 0.6 is 11.7 Å². The number of aromatic nitrogens is 4. The molecule has 4 aromatic rings. The Balaban J connectivity index is 1.39. The van der Waals surface area contributed by atoms with Gasteiger partial charge in [-0.05, 0) is 30.7 Å². The van der Waals surface area contributed by atoms with Crippen LogP contribution in [0.4, 0.5) is 0 Å². The van der Waals surface area contributed by atoms with Gasteiger partial charge in [-0.1, -0.05) is 29.4 Å². The fraction of sp³-hybridized carbons (Fsp3) is 0.263. The summed E-state index contributed by atoms with van der Waals surface area (Å²) in [6.07, 6.45) is 0.300. The predicted octanol–water partition coefficient (Wildman–Crippen LogP) is 2.82. The third-order valence-electron chi connectivity index (χ3n) is 4.54. The number of hydrogen-bond acceptors (Lipinski definition) is 9. The summed E-state index contributed by atoms with van der Waals surface area (Å²) in [5.41, 5.74) is 1.95. The van der Waals surface area contributed by atoms with Crippen molar-refractivity contribution in [3.05, 3.63) is 59.7 Å². The monoisotopic (exact) mass is 445 g/mol. The van der Waals surface area contributed by atoms with Crippen molar-refractivity contribution in [2.24, 2.45) is 0 Å². The maximum Gasteiger partial charge on any atom is 0.264 e. The largest absolute Gasteiger partial charge is 0.483 e. The van der Waals surface area contributed by atoms with Gasteiger partial charge in [0.1, 0.15) is 21.7 Å². The molecule has 0 spiro atoms. The first-order valence-electron chi connectivity index (χ1n) is 9.12. The molecule has 0 atom stereocenters. The summed E-state index contributed by atoms with van der Waals surface area (Å²) in [4.78, 5) is 4.41. The molecule has 2 aromatic heterocycles. The van der Waals surface area contributed by atoms with Crippen LogP contribution in [0.2, 0.25) is 0 Å². The van der Waals surface area contributed by atoms with Gasteiger partial charge >= 0.3 is 0 Å². The van der Waals surface area contributed by atoms with Crippen molar-refractivity contribution in [1.82, 2.24) is 23.2 Å². The van der Waals surface area contributed by atoms with Crippen LogP contribution in [-0.4, -0.2) is 45.2 Å². The number of rotatable bonds is 8. The SMILES string of the molecule is Cc1ccccc1OCc1nc(CCN(C)S(=O)(=O)c2cccc3nsnc23)no1. The van der Waals surface area contributed by atoms with Crippen molar-refractivity contribution in [3.8, 4) is 5.75 Å². The molecule has 0 aliphatic carbocycles. The van der Waals surface area contributed by atoms with E-state index in [9.17, 15) is 8.42 Å². The molecular formula is C19H19N5O4S2. The molecule has 0 N–H and O–H groups in total. The molecule has 0 saturated carbocycles. The molecule has 0 fully saturated rings. The van der Waals surface area contributed by atoms with E-state index in [-0.39, 0.29) is 18.0 Å². The number of sulfonamides is 1. The first kappa shape index (κ1) is 20.4. The highest BCUT2D eigenvalue weighted by molar-refractivity contribution is 7.89. The summed E-state index contributed by atoms with van der Waals surface area (Å²) < 4.78 is 46.2. The number of fused-ring (bicyclic) bond motifs is 1. The Kier molecular flexibility index (Phi) is 5.75. The molecule has 0 aliphatic heterocycles. The van der Waals surface area contributed by atoms with Crippen LogP contribution in [0.15, 0.2) is 51.9 Å². The summed E-state index contributed by atoms with van der Waals surface area (Å²) in [5, 5.41) is 3.91. The average Bonchev–Trinajstić information content (AvgIpc) is 3.40. The van der Waals surface area contributed by atoms with E-state index < -0.39 is 10.0 Å². The van der Waals surface area contributed by atoms with Crippen LogP contribution in [0.1, 0.15) is 17.3 Å². The number of hydrogen-bond donors (Lipinski definition) is 0. The fourth-order valence-corrected chi connectivity index (χ4v) is 4.76. The zero-order chi connectivity index (χ0) is 21.1. The Labute approximate surface area is 177 Å². The zero-order valence-corrected chi connectivity index (χ0v) is 18.0. The first-order chi connectivity index (χ1) is 14.4. The summed E-state index contributed by atoms with van der Waals surface area (Å²) in [7, 11) is -2.21. The van der Waals surface area contributed by atoms with E-state index in [1.165, 1.54) is 17.4 Å². The van der Waals surface area contributed by atoms with Crippen molar-refractivity contribution in [2.45, 2.75) is 24.8 Å². The number of nitrogens with zero attached hydrogens (tertiary/aromatic N) is 5. The molecule has 0 aliphatic rings. The van der Waals surface area contributed by atoms with E-state index >= 15 is 0 Å². The molecule has 0 bridgehead atoms. The Bertz CT molecular complexity index is 1270. The van der Waals surface area contributed by atoms with Crippen molar-refractivity contribution in [2.75, 3.05) is 13.6 Å². The van der Waals surface area contributed by atoms with E-state index in [1.807, 2.05) is 31.2 Å². The topological polar surface area (TPSA) is 111 Å². The summed E-state index contributed by atoms with van der Waals surface area (Å²) >= 11 is 0.984. The van der Waals surface area contributed by atoms with Crippen LogP contribution in [0, 0.1) is 6.92 Å². The third-order valence-corrected chi connectivity index (χ3v) is 6.97. The van der Waals surface area contributed by atoms with Crippen molar-refractivity contribution < 1.29 is 17.7 Å². The lowest BCUT2D eigenvalue weighted by molar-refractivity contribution is 0.241. The maximum atomic E-state index is 12.9. The molecule has 0 unspecified atom stereocenters. The molecule has 0 radical (unpaired) electrons. The molecule has 30 heavy (non-hydrogen) atoms. The lowest BCUT2D eigenvalue weighted by Gasteiger charge is -2.16. The van der Waals surface area contributed by atoms with E-state index in [1.54, 1.807) is 12.1 Å². The zero-order valence-electron chi connectivity index (χ0n) is 16.3. The van der Waals surface area contributed by atoms with Gasteiger partial charge in [0.2, 0.25) is 10.0 Å². The Morgan fingerprint density at radius 2 is 1.97 bits per heavy atom.